The molecular formula is C36H70O4S. The Morgan fingerprint density at radius 2 is 0.585 bits per heavy atom. The quantitative estimate of drug-likeness (QED) is 0.0546. The monoisotopic (exact) mass is 598 g/mol. The van der Waals surface area contributed by atoms with Crippen molar-refractivity contribution in [3.8, 4) is 0 Å². The van der Waals surface area contributed by atoms with Crippen molar-refractivity contribution in [2.75, 3.05) is 0 Å². The average Bonchev–Trinajstić information content (AvgIpc) is 2.96. The lowest BCUT2D eigenvalue weighted by molar-refractivity contribution is 0.334. The van der Waals surface area contributed by atoms with Gasteiger partial charge in [0.15, 0.2) is 0 Å². The standard InChI is InChI=1S/C36H70O4S/c1-3-5-7-9-11-13-15-17-19-21-23-25-27-29-31-33-35-39-41(37,38)40-36-34-32-30-28-26-24-22-20-18-16-14-12-10-8-6-4-2/h33-36H,3-32H2,1-2H3/b35-33+,36-34+. The maximum absolute atomic E-state index is 11.8. The van der Waals surface area contributed by atoms with Crippen LogP contribution in [0.25, 0.3) is 0 Å². The van der Waals surface area contributed by atoms with Gasteiger partial charge >= 0.3 is 10.4 Å². The first-order valence-electron chi connectivity index (χ1n) is 18.0. The molecule has 0 saturated heterocycles. The minimum absolute atomic E-state index is 0.836. The minimum Gasteiger partial charge on any atom is -0.361 e. The molecule has 0 aliphatic rings. The molecule has 244 valence electrons. The zero-order chi connectivity index (χ0) is 30.0. The van der Waals surface area contributed by atoms with Gasteiger partial charge in [0.2, 0.25) is 0 Å². The van der Waals surface area contributed by atoms with E-state index in [0.717, 1.165) is 25.7 Å². The highest BCUT2D eigenvalue weighted by Crippen LogP contribution is 2.15. The van der Waals surface area contributed by atoms with E-state index in [0.29, 0.717) is 0 Å². The topological polar surface area (TPSA) is 52.6 Å². The summed E-state index contributed by atoms with van der Waals surface area (Å²) >= 11 is 0. The van der Waals surface area contributed by atoms with Crippen LogP contribution < -0.4 is 0 Å². The Labute approximate surface area is 257 Å². The smallest absolute Gasteiger partial charge is 0.361 e. The molecule has 0 saturated carbocycles. The molecule has 0 atom stereocenters. The van der Waals surface area contributed by atoms with E-state index in [4.69, 9.17) is 8.37 Å². The van der Waals surface area contributed by atoms with Crippen molar-refractivity contribution in [3.63, 3.8) is 0 Å². The van der Waals surface area contributed by atoms with E-state index in [1.807, 2.05) is 0 Å². The van der Waals surface area contributed by atoms with Crippen LogP contribution in [-0.4, -0.2) is 8.42 Å². The van der Waals surface area contributed by atoms with Crippen LogP contribution in [-0.2, 0) is 18.8 Å². The number of hydrogen-bond donors (Lipinski definition) is 0. The molecule has 0 unspecified atom stereocenters. The lowest BCUT2D eigenvalue weighted by atomic mass is 10.0. The Morgan fingerprint density at radius 3 is 0.829 bits per heavy atom. The molecule has 0 spiro atoms. The Bertz CT molecular complexity index is 606. The van der Waals surface area contributed by atoms with Gasteiger partial charge in [0, 0.05) is 0 Å². The summed E-state index contributed by atoms with van der Waals surface area (Å²) in [4.78, 5) is 0. The molecule has 0 aliphatic heterocycles. The van der Waals surface area contributed by atoms with Crippen LogP contribution in [0.3, 0.4) is 0 Å². The predicted octanol–water partition coefficient (Wildman–Crippen LogP) is 13.0. The molecule has 0 fully saturated rings. The predicted molar refractivity (Wildman–Crippen MR) is 179 cm³/mol. The van der Waals surface area contributed by atoms with Gasteiger partial charge in [-0.1, -0.05) is 181 Å². The van der Waals surface area contributed by atoms with Crippen LogP contribution in [0.4, 0.5) is 0 Å². The van der Waals surface area contributed by atoms with Crippen molar-refractivity contribution < 1.29 is 16.8 Å². The SMILES string of the molecule is CCCCCCCCCCCCCCCC/C=C/OS(=O)(=O)O/C=C/CCCCCCCCCCCCCCCC. The Morgan fingerprint density at radius 1 is 0.366 bits per heavy atom. The molecule has 0 aromatic heterocycles. The van der Waals surface area contributed by atoms with Crippen molar-refractivity contribution in [2.45, 2.75) is 206 Å². The van der Waals surface area contributed by atoms with E-state index >= 15 is 0 Å². The zero-order valence-electron chi connectivity index (χ0n) is 27.6. The summed E-state index contributed by atoms with van der Waals surface area (Å²) in [5, 5.41) is 0. The van der Waals surface area contributed by atoms with E-state index in [2.05, 4.69) is 13.8 Å². The van der Waals surface area contributed by atoms with E-state index in [-0.39, 0.29) is 0 Å². The number of allylic oxidation sites excluding steroid dienone is 2. The van der Waals surface area contributed by atoms with Crippen molar-refractivity contribution >= 4 is 10.4 Å². The van der Waals surface area contributed by atoms with Crippen LogP contribution in [0.2, 0.25) is 0 Å². The zero-order valence-corrected chi connectivity index (χ0v) is 28.4. The van der Waals surface area contributed by atoms with Gasteiger partial charge in [0.05, 0.1) is 0 Å². The van der Waals surface area contributed by atoms with Gasteiger partial charge in [-0.05, 0) is 37.8 Å². The van der Waals surface area contributed by atoms with E-state index in [1.165, 1.54) is 179 Å². The summed E-state index contributed by atoms with van der Waals surface area (Å²) in [6.45, 7) is 4.55. The van der Waals surface area contributed by atoms with E-state index in [1.54, 1.807) is 12.2 Å². The van der Waals surface area contributed by atoms with Gasteiger partial charge in [-0.3, -0.25) is 0 Å². The third-order valence-corrected chi connectivity index (χ3v) is 8.68. The third-order valence-electron chi connectivity index (χ3n) is 7.99. The first-order chi connectivity index (χ1) is 20.1. The molecular weight excluding hydrogens is 528 g/mol. The summed E-state index contributed by atoms with van der Waals surface area (Å²) < 4.78 is 33.2. The molecule has 0 aromatic carbocycles. The fourth-order valence-electron chi connectivity index (χ4n) is 5.29. The van der Waals surface area contributed by atoms with Crippen molar-refractivity contribution in [1.29, 1.82) is 0 Å². The minimum atomic E-state index is -4.00. The van der Waals surface area contributed by atoms with Gasteiger partial charge < -0.3 is 8.37 Å². The van der Waals surface area contributed by atoms with Crippen LogP contribution >= 0.6 is 0 Å². The lowest BCUT2D eigenvalue weighted by Gasteiger charge is -2.03. The molecule has 0 bridgehead atoms. The van der Waals surface area contributed by atoms with Gasteiger partial charge in [0.25, 0.3) is 0 Å². The van der Waals surface area contributed by atoms with Crippen LogP contribution in [0, 0.1) is 0 Å². The number of unbranched alkanes of at least 4 members (excludes halogenated alkanes) is 28. The first kappa shape index (κ1) is 40.0. The third kappa shape index (κ3) is 35.1. The largest absolute Gasteiger partial charge is 0.499 e. The van der Waals surface area contributed by atoms with Crippen molar-refractivity contribution in [3.05, 3.63) is 24.7 Å². The Hall–Kier alpha value is -0.970. The molecule has 0 rings (SSSR count). The van der Waals surface area contributed by atoms with E-state index < -0.39 is 10.4 Å². The van der Waals surface area contributed by atoms with Gasteiger partial charge in [-0.25, -0.2) is 0 Å². The van der Waals surface area contributed by atoms with Crippen LogP contribution in [0.15, 0.2) is 24.7 Å². The molecule has 0 heterocycles. The number of hydrogen-bond acceptors (Lipinski definition) is 4. The number of rotatable bonds is 34. The van der Waals surface area contributed by atoms with Crippen LogP contribution in [0.5, 0.6) is 0 Å². The summed E-state index contributed by atoms with van der Waals surface area (Å²) in [7, 11) is -4.00. The molecule has 0 radical (unpaired) electrons. The molecule has 5 heteroatoms. The first-order valence-corrected chi connectivity index (χ1v) is 19.4. The molecule has 0 aromatic rings. The maximum atomic E-state index is 11.8. The molecule has 0 aliphatic carbocycles. The van der Waals surface area contributed by atoms with Gasteiger partial charge in [-0.15, -0.1) is 8.42 Å². The molecule has 41 heavy (non-hydrogen) atoms. The summed E-state index contributed by atoms with van der Waals surface area (Å²) in [5.41, 5.74) is 0. The lowest BCUT2D eigenvalue weighted by Crippen LogP contribution is -2.02. The Kier molecular flexibility index (Phi) is 32.7. The summed E-state index contributed by atoms with van der Waals surface area (Å²) in [5.74, 6) is 0. The summed E-state index contributed by atoms with van der Waals surface area (Å²) in [6, 6.07) is 0. The van der Waals surface area contributed by atoms with Crippen molar-refractivity contribution in [2.24, 2.45) is 0 Å². The Balaban J connectivity index is 3.41. The second kappa shape index (κ2) is 33.5. The molecule has 0 N–H and O–H groups in total. The van der Waals surface area contributed by atoms with E-state index in [9.17, 15) is 8.42 Å². The van der Waals surface area contributed by atoms with Crippen LogP contribution in [0.1, 0.15) is 206 Å². The fourth-order valence-corrected chi connectivity index (χ4v) is 5.76. The molecule has 4 nitrogen and oxygen atoms in total. The molecule has 0 amide bonds. The van der Waals surface area contributed by atoms with Crippen molar-refractivity contribution in [1.82, 2.24) is 0 Å². The second-order valence-corrected chi connectivity index (χ2v) is 13.3. The fraction of sp³-hybridized carbons (Fsp3) is 0.889. The second-order valence-electron chi connectivity index (χ2n) is 12.1. The highest BCUT2D eigenvalue weighted by Gasteiger charge is 2.07. The normalized spacial score (nSPS) is 12.1. The highest BCUT2D eigenvalue weighted by atomic mass is 32.3. The van der Waals surface area contributed by atoms with Gasteiger partial charge in [-0.2, -0.15) is 0 Å². The highest BCUT2D eigenvalue weighted by molar-refractivity contribution is 7.82. The van der Waals surface area contributed by atoms with Gasteiger partial charge in [0.1, 0.15) is 12.5 Å². The maximum Gasteiger partial charge on any atom is 0.499 e. The summed E-state index contributed by atoms with van der Waals surface area (Å²) in [6.07, 6.45) is 45.2. The average molecular weight is 599 g/mol.